The van der Waals surface area contributed by atoms with Crippen LogP contribution in [-0.4, -0.2) is 12.7 Å². The topological polar surface area (TPSA) is 12.0 Å². The van der Waals surface area contributed by atoms with Crippen LogP contribution in [0.5, 0.6) is 0 Å². The molecule has 0 bridgehead atoms. The highest BCUT2D eigenvalue weighted by Crippen LogP contribution is 2.34. The summed E-state index contributed by atoms with van der Waals surface area (Å²) in [6, 6.07) is 6.49. The smallest absolute Gasteiger partial charge is 0.302 e. The molecule has 0 amide bonds. The summed E-state index contributed by atoms with van der Waals surface area (Å²) in [7, 11) is 0. The highest BCUT2D eigenvalue weighted by Gasteiger charge is 2.40. The first-order valence-electron chi connectivity index (χ1n) is 5.92. The van der Waals surface area contributed by atoms with Crippen molar-refractivity contribution in [3.05, 3.63) is 35.9 Å². The summed E-state index contributed by atoms with van der Waals surface area (Å²) in [5, 5.41) is 2.62. The second-order valence-corrected chi connectivity index (χ2v) is 4.57. The number of alkyl halides is 3. The Kier molecular flexibility index (Phi) is 3.72. The summed E-state index contributed by atoms with van der Waals surface area (Å²) in [6.07, 6.45) is -1.04. The van der Waals surface area contributed by atoms with Crippen molar-refractivity contribution in [2.75, 3.05) is 6.54 Å². The predicted molar refractivity (Wildman–Crippen MR) is 60.6 cm³/mol. The van der Waals surface area contributed by atoms with E-state index in [0.29, 0.717) is 12.5 Å². The van der Waals surface area contributed by atoms with Gasteiger partial charge in [0.2, 0.25) is 0 Å². The van der Waals surface area contributed by atoms with E-state index >= 15 is 0 Å². The van der Waals surface area contributed by atoms with Crippen LogP contribution in [0.15, 0.2) is 30.3 Å². The van der Waals surface area contributed by atoms with E-state index in [1.807, 2.05) is 0 Å². The molecular weight excluding hydrogens is 227 g/mol. The van der Waals surface area contributed by atoms with Crippen molar-refractivity contribution in [1.82, 2.24) is 5.32 Å². The number of hydrogen-bond acceptors (Lipinski definition) is 1. The van der Waals surface area contributed by atoms with Crippen LogP contribution in [-0.2, 0) is 0 Å². The minimum Gasteiger partial charge on any atom is -0.302 e. The minimum atomic E-state index is -4.23. The number of nitrogens with one attached hydrogen (secondary N) is 1. The monoisotopic (exact) mass is 243 g/mol. The zero-order valence-corrected chi connectivity index (χ0v) is 9.50. The summed E-state index contributed by atoms with van der Waals surface area (Å²) < 4.78 is 38.7. The highest BCUT2D eigenvalue weighted by molar-refractivity contribution is 5.20. The summed E-state index contributed by atoms with van der Waals surface area (Å²) in [4.78, 5) is 0. The Bertz CT molecular complexity index is 343. The molecule has 17 heavy (non-hydrogen) atoms. The lowest BCUT2D eigenvalue weighted by atomic mass is 10.1. The second kappa shape index (κ2) is 5.08. The van der Waals surface area contributed by atoms with Crippen molar-refractivity contribution in [2.45, 2.75) is 31.5 Å². The lowest BCUT2D eigenvalue weighted by Gasteiger charge is -2.22. The molecule has 94 valence electrons. The van der Waals surface area contributed by atoms with Gasteiger partial charge in [-0.25, -0.2) is 0 Å². The molecule has 4 heteroatoms. The molecule has 0 radical (unpaired) electrons. The third-order valence-corrected chi connectivity index (χ3v) is 3.06. The lowest BCUT2D eigenvalue weighted by Crippen LogP contribution is -2.34. The summed E-state index contributed by atoms with van der Waals surface area (Å²) >= 11 is 0. The van der Waals surface area contributed by atoms with Crippen molar-refractivity contribution >= 4 is 0 Å². The van der Waals surface area contributed by atoms with Crippen LogP contribution in [0.1, 0.15) is 30.9 Å². The quantitative estimate of drug-likeness (QED) is 0.831. The molecule has 1 fully saturated rings. The van der Waals surface area contributed by atoms with Gasteiger partial charge in [-0.3, -0.25) is 0 Å². The summed E-state index contributed by atoms with van der Waals surface area (Å²) in [6.45, 7) is 0.434. The van der Waals surface area contributed by atoms with Gasteiger partial charge in [-0.05, 0) is 24.4 Å². The molecule has 1 aliphatic rings. The average molecular weight is 243 g/mol. The van der Waals surface area contributed by atoms with E-state index in [1.54, 1.807) is 18.2 Å². The Labute approximate surface area is 99.0 Å². The van der Waals surface area contributed by atoms with Gasteiger partial charge in [-0.15, -0.1) is 0 Å². The van der Waals surface area contributed by atoms with Crippen LogP contribution in [0, 0.1) is 5.92 Å². The standard InChI is InChI=1S/C13H16F3N/c14-13(15,16)12(11-4-2-1-3-5-11)17-9-8-10-6-7-10/h1-5,10,12,17H,6-9H2. The molecule has 1 atom stereocenters. The normalized spacial score (nSPS) is 18.1. The molecule has 1 unspecified atom stereocenters. The SMILES string of the molecule is FC(F)(F)C(NCCC1CC1)c1ccccc1. The number of hydrogen-bond donors (Lipinski definition) is 1. The van der Waals surface area contributed by atoms with E-state index in [1.165, 1.54) is 25.0 Å². The molecule has 1 aromatic carbocycles. The van der Waals surface area contributed by atoms with Crippen molar-refractivity contribution in [2.24, 2.45) is 5.92 Å². The molecule has 2 rings (SSSR count). The van der Waals surface area contributed by atoms with Gasteiger partial charge in [0.1, 0.15) is 6.04 Å². The maximum atomic E-state index is 12.9. The Morgan fingerprint density at radius 1 is 1.18 bits per heavy atom. The van der Waals surface area contributed by atoms with Gasteiger partial charge < -0.3 is 5.32 Å². The Morgan fingerprint density at radius 3 is 2.35 bits per heavy atom. The molecular formula is C13H16F3N. The maximum absolute atomic E-state index is 12.9. The van der Waals surface area contributed by atoms with E-state index in [0.717, 1.165) is 6.42 Å². The third kappa shape index (κ3) is 3.73. The number of halogens is 3. The first kappa shape index (κ1) is 12.4. The first-order chi connectivity index (χ1) is 8.07. The predicted octanol–water partition coefficient (Wildman–Crippen LogP) is 3.68. The fraction of sp³-hybridized carbons (Fsp3) is 0.538. The van der Waals surface area contributed by atoms with Gasteiger partial charge in [0.25, 0.3) is 0 Å². The lowest BCUT2D eigenvalue weighted by molar-refractivity contribution is -0.157. The van der Waals surface area contributed by atoms with Gasteiger partial charge in [0, 0.05) is 0 Å². The van der Waals surface area contributed by atoms with Crippen molar-refractivity contribution in [3.63, 3.8) is 0 Å². The Morgan fingerprint density at radius 2 is 1.82 bits per heavy atom. The third-order valence-electron chi connectivity index (χ3n) is 3.06. The molecule has 0 heterocycles. The molecule has 0 spiro atoms. The van der Waals surface area contributed by atoms with Crippen LogP contribution in [0.3, 0.4) is 0 Å². The summed E-state index contributed by atoms with van der Waals surface area (Å²) in [5.74, 6) is 0.646. The van der Waals surface area contributed by atoms with Crippen molar-refractivity contribution in [3.8, 4) is 0 Å². The summed E-state index contributed by atoms with van der Waals surface area (Å²) in [5.41, 5.74) is 0.288. The van der Waals surface area contributed by atoms with Crippen LogP contribution in [0.2, 0.25) is 0 Å². The second-order valence-electron chi connectivity index (χ2n) is 4.57. The molecule has 1 aliphatic carbocycles. The molecule has 0 saturated heterocycles. The zero-order valence-electron chi connectivity index (χ0n) is 9.50. The molecule has 1 saturated carbocycles. The Hall–Kier alpha value is -1.03. The maximum Gasteiger partial charge on any atom is 0.407 e. The molecule has 0 aliphatic heterocycles. The fourth-order valence-electron chi connectivity index (χ4n) is 1.91. The van der Waals surface area contributed by atoms with Crippen LogP contribution >= 0.6 is 0 Å². The van der Waals surface area contributed by atoms with Crippen LogP contribution < -0.4 is 5.32 Å². The van der Waals surface area contributed by atoms with E-state index in [4.69, 9.17) is 0 Å². The van der Waals surface area contributed by atoms with Gasteiger partial charge in [-0.1, -0.05) is 43.2 Å². The molecule has 0 aromatic heterocycles. The van der Waals surface area contributed by atoms with Gasteiger partial charge in [-0.2, -0.15) is 13.2 Å². The van der Waals surface area contributed by atoms with E-state index in [9.17, 15) is 13.2 Å². The average Bonchev–Trinajstić information content (AvgIpc) is 3.08. The van der Waals surface area contributed by atoms with Crippen LogP contribution in [0.25, 0.3) is 0 Å². The zero-order chi connectivity index (χ0) is 12.3. The van der Waals surface area contributed by atoms with Crippen molar-refractivity contribution in [1.29, 1.82) is 0 Å². The fourth-order valence-corrected chi connectivity index (χ4v) is 1.91. The minimum absolute atomic E-state index is 0.288. The van der Waals surface area contributed by atoms with Gasteiger partial charge >= 0.3 is 6.18 Å². The number of rotatable bonds is 5. The van der Waals surface area contributed by atoms with Gasteiger partial charge in [0.05, 0.1) is 0 Å². The van der Waals surface area contributed by atoms with Crippen molar-refractivity contribution < 1.29 is 13.2 Å². The van der Waals surface area contributed by atoms with E-state index in [-0.39, 0.29) is 5.56 Å². The first-order valence-corrected chi connectivity index (χ1v) is 5.92. The molecule has 1 N–H and O–H groups in total. The molecule has 1 aromatic rings. The largest absolute Gasteiger partial charge is 0.407 e. The molecule has 1 nitrogen and oxygen atoms in total. The van der Waals surface area contributed by atoms with Gasteiger partial charge in [0.15, 0.2) is 0 Å². The van der Waals surface area contributed by atoms with E-state index in [2.05, 4.69) is 5.32 Å². The highest BCUT2D eigenvalue weighted by atomic mass is 19.4. The van der Waals surface area contributed by atoms with Crippen LogP contribution in [0.4, 0.5) is 13.2 Å². The van der Waals surface area contributed by atoms with E-state index < -0.39 is 12.2 Å². The Balaban J connectivity index is 1.97. The number of benzene rings is 1.